The maximum atomic E-state index is 14.7. The number of alkyl halides is 3. The van der Waals surface area contributed by atoms with Crippen molar-refractivity contribution in [2.45, 2.75) is 97.7 Å². The van der Waals surface area contributed by atoms with Crippen LogP contribution in [0.1, 0.15) is 89.1 Å². The molecule has 1 aliphatic rings. The van der Waals surface area contributed by atoms with Crippen molar-refractivity contribution in [3.8, 4) is 0 Å². The largest absolute Gasteiger partial charge is 0.418 e. The Labute approximate surface area is 296 Å². The first-order valence-electron chi connectivity index (χ1n) is 18.0. The molecule has 5 atom stereocenters. The fourth-order valence-electron chi connectivity index (χ4n) is 7.15. The molecule has 278 valence electrons. The van der Waals surface area contributed by atoms with Gasteiger partial charge >= 0.3 is 12.2 Å². The first-order chi connectivity index (χ1) is 24.1. The van der Waals surface area contributed by atoms with E-state index in [4.69, 9.17) is 0 Å². The first-order valence-corrected chi connectivity index (χ1v) is 18.0. The predicted octanol–water partition coefficient (Wildman–Crippen LogP) is 7.47. The van der Waals surface area contributed by atoms with Crippen LogP contribution in [0.4, 0.5) is 22.4 Å². The van der Waals surface area contributed by atoms with Crippen LogP contribution < -0.4 is 16.0 Å². The van der Waals surface area contributed by atoms with Crippen molar-refractivity contribution < 1.29 is 36.7 Å². The van der Waals surface area contributed by atoms with E-state index in [1.165, 1.54) is 24.3 Å². The minimum Gasteiger partial charge on any atom is -0.358 e. The molecule has 12 heteroatoms. The summed E-state index contributed by atoms with van der Waals surface area (Å²) in [7, 11) is 0. The van der Waals surface area contributed by atoms with Crippen LogP contribution in [0.25, 0.3) is 10.9 Å². The molecule has 0 bridgehead atoms. The van der Waals surface area contributed by atoms with Crippen molar-refractivity contribution in [3.63, 3.8) is 0 Å². The molecular weight excluding hydrogens is 664 g/mol. The van der Waals surface area contributed by atoms with E-state index in [0.29, 0.717) is 29.6 Å². The molecule has 3 aromatic rings. The van der Waals surface area contributed by atoms with Gasteiger partial charge < -0.3 is 20.9 Å². The van der Waals surface area contributed by atoms with Crippen molar-refractivity contribution in [1.29, 1.82) is 0 Å². The zero-order chi connectivity index (χ0) is 37.5. The molecule has 2 aromatic carbocycles. The third-order valence-corrected chi connectivity index (χ3v) is 10.7. The fraction of sp³-hybridized carbons (Fsp3) is 0.538. The normalized spacial score (nSPS) is 18.3. The van der Waals surface area contributed by atoms with Crippen LogP contribution >= 0.6 is 0 Å². The summed E-state index contributed by atoms with van der Waals surface area (Å²) in [6.45, 7) is 10.1. The van der Waals surface area contributed by atoms with Gasteiger partial charge in [-0.25, -0.2) is 9.18 Å². The molecule has 0 aliphatic heterocycles. The summed E-state index contributed by atoms with van der Waals surface area (Å²) in [6, 6.07) is 9.54. The van der Waals surface area contributed by atoms with E-state index in [1.807, 2.05) is 27.7 Å². The average Bonchev–Trinajstić information content (AvgIpc) is 3.46. The maximum Gasteiger partial charge on any atom is 0.418 e. The molecule has 0 spiro atoms. The number of aromatic nitrogens is 1. The van der Waals surface area contributed by atoms with Gasteiger partial charge in [-0.3, -0.25) is 14.4 Å². The molecule has 8 nitrogen and oxygen atoms in total. The van der Waals surface area contributed by atoms with Crippen LogP contribution in [0.2, 0.25) is 0 Å². The van der Waals surface area contributed by atoms with Crippen molar-refractivity contribution in [1.82, 2.24) is 20.9 Å². The second-order valence-corrected chi connectivity index (χ2v) is 14.1. The lowest BCUT2D eigenvalue weighted by molar-refractivity contribution is -0.137. The number of rotatable bonds is 16. The van der Waals surface area contributed by atoms with Crippen LogP contribution in [0, 0.1) is 29.5 Å². The van der Waals surface area contributed by atoms with Gasteiger partial charge in [0.15, 0.2) is 5.78 Å². The molecule has 4 rings (SSSR count). The number of carbonyl (C=O) groups is 4. The smallest absolute Gasteiger partial charge is 0.358 e. The number of fused-ring (bicyclic) bond motifs is 3. The van der Waals surface area contributed by atoms with Crippen LogP contribution in [-0.4, -0.2) is 47.1 Å². The van der Waals surface area contributed by atoms with Gasteiger partial charge in [0.05, 0.1) is 11.1 Å². The van der Waals surface area contributed by atoms with Gasteiger partial charge in [0.1, 0.15) is 17.1 Å². The number of urea groups is 1. The van der Waals surface area contributed by atoms with Gasteiger partial charge in [0.25, 0.3) is 0 Å². The highest BCUT2D eigenvalue weighted by molar-refractivity contribution is 5.97. The molecule has 2 unspecified atom stereocenters. The van der Waals surface area contributed by atoms with Crippen LogP contribution in [0.15, 0.2) is 42.5 Å². The molecule has 0 radical (unpaired) electrons. The van der Waals surface area contributed by atoms with Gasteiger partial charge in [-0.05, 0) is 60.8 Å². The van der Waals surface area contributed by atoms with Crippen molar-refractivity contribution in [2.24, 2.45) is 23.7 Å². The van der Waals surface area contributed by atoms with Gasteiger partial charge in [-0.1, -0.05) is 70.9 Å². The number of amides is 3. The summed E-state index contributed by atoms with van der Waals surface area (Å²) < 4.78 is 56.4. The summed E-state index contributed by atoms with van der Waals surface area (Å²) in [6.07, 6.45) is -3.37. The predicted molar refractivity (Wildman–Crippen MR) is 189 cm³/mol. The summed E-state index contributed by atoms with van der Waals surface area (Å²) in [5.41, 5.74) is -1.02. The van der Waals surface area contributed by atoms with E-state index in [0.717, 1.165) is 12.5 Å². The second-order valence-electron chi connectivity index (χ2n) is 14.1. The van der Waals surface area contributed by atoms with Crippen LogP contribution in [0.3, 0.4) is 0 Å². The Hall–Kier alpha value is -4.22. The SMILES string of the molecule is CCNC(=O)NC[C@@H](CC(=O)[C@@]1(NC(=O)[C@@H](CC(=O)Cc2ccccc2F)C(C)CC)CCc2[nH]c3c(C(F)(F)F)cccc3c2C1)C(C)CC. The molecule has 1 aromatic heterocycles. The second kappa shape index (κ2) is 16.9. The highest BCUT2D eigenvalue weighted by atomic mass is 19.4. The van der Waals surface area contributed by atoms with Crippen molar-refractivity contribution >= 4 is 34.4 Å². The Balaban J connectivity index is 1.71. The number of aryl methyl sites for hydroxylation is 1. The van der Waals surface area contributed by atoms with E-state index < -0.39 is 34.9 Å². The lowest BCUT2D eigenvalue weighted by Gasteiger charge is -2.40. The van der Waals surface area contributed by atoms with E-state index >= 15 is 0 Å². The molecule has 1 heterocycles. The highest BCUT2D eigenvalue weighted by Crippen LogP contribution is 2.41. The van der Waals surface area contributed by atoms with E-state index in [9.17, 15) is 36.7 Å². The molecule has 4 N–H and O–H groups in total. The summed E-state index contributed by atoms with van der Waals surface area (Å²) in [5, 5.41) is 8.92. The number of carbonyl (C=O) groups excluding carboxylic acids is 4. The quantitative estimate of drug-likeness (QED) is 0.115. The molecular formula is C39H50F4N4O4. The van der Waals surface area contributed by atoms with Gasteiger partial charge in [-0.2, -0.15) is 13.2 Å². The fourth-order valence-corrected chi connectivity index (χ4v) is 7.15. The van der Waals surface area contributed by atoms with Gasteiger partial charge in [-0.15, -0.1) is 0 Å². The number of nitrogens with one attached hydrogen (secondary N) is 4. The summed E-state index contributed by atoms with van der Waals surface area (Å²) >= 11 is 0. The van der Waals surface area contributed by atoms with E-state index in [2.05, 4.69) is 20.9 Å². The Morgan fingerprint density at radius 1 is 0.922 bits per heavy atom. The third-order valence-electron chi connectivity index (χ3n) is 10.7. The standard InChI is InChI=1S/C39H50F4N4O4/c1-6-23(4)26(22-45-37(51)44-8-3)19-34(49)38(17-16-33-30(21-38)28-13-11-14-31(35(28)46-33)39(41,42)43)47-36(50)29(24(5)7-2)20-27(48)18-25-12-9-10-15-32(25)40/h9-15,23-24,26,29,46H,6-8,16-22H2,1-5H3,(H,47,50)(H2,44,45,51)/t23?,24?,26-,29+,38-/m1/s1. The molecule has 0 saturated carbocycles. The first kappa shape index (κ1) is 39.6. The number of H-pyrrole nitrogens is 1. The van der Waals surface area contributed by atoms with Crippen molar-refractivity contribution in [3.05, 3.63) is 70.7 Å². The maximum absolute atomic E-state index is 14.7. The number of hydrogen-bond acceptors (Lipinski definition) is 4. The minimum absolute atomic E-state index is 0.00734. The minimum atomic E-state index is -4.60. The monoisotopic (exact) mass is 714 g/mol. The number of halogens is 4. The zero-order valence-corrected chi connectivity index (χ0v) is 30.1. The molecule has 0 saturated heterocycles. The van der Waals surface area contributed by atoms with E-state index in [1.54, 1.807) is 19.1 Å². The summed E-state index contributed by atoms with van der Waals surface area (Å²) in [5.74, 6) is -2.98. The van der Waals surface area contributed by atoms with Crippen molar-refractivity contribution in [2.75, 3.05) is 13.1 Å². The number of Topliss-reactive ketones (excluding diaryl/α,β-unsaturated/α-hetero) is 2. The summed E-state index contributed by atoms with van der Waals surface area (Å²) in [4.78, 5) is 57.5. The highest BCUT2D eigenvalue weighted by Gasteiger charge is 2.46. The van der Waals surface area contributed by atoms with E-state index in [-0.39, 0.29) is 91.5 Å². The van der Waals surface area contributed by atoms with Gasteiger partial charge in [0, 0.05) is 55.8 Å². The number of ketones is 2. The Kier molecular flexibility index (Phi) is 13.1. The van der Waals surface area contributed by atoms with Crippen LogP contribution in [0.5, 0.6) is 0 Å². The van der Waals surface area contributed by atoms with Gasteiger partial charge in [0.2, 0.25) is 5.91 Å². The number of aromatic amines is 1. The lowest BCUT2D eigenvalue weighted by Crippen LogP contribution is -2.60. The molecule has 0 fully saturated rings. The third kappa shape index (κ3) is 9.37. The number of hydrogen-bond donors (Lipinski definition) is 4. The lowest BCUT2D eigenvalue weighted by atomic mass is 9.72. The number of para-hydroxylation sites is 1. The average molecular weight is 715 g/mol. The molecule has 3 amide bonds. The van der Waals surface area contributed by atoms with Crippen LogP contribution in [-0.2, 0) is 39.8 Å². The Bertz CT molecular complexity index is 1720. The Morgan fingerprint density at radius 2 is 1.63 bits per heavy atom. The topological polar surface area (TPSA) is 120 Å². The molecule has 1 aliphatic carbocycles. The molecule has 51 heavy (non-hydrogen) atoms. The Morgan fingerprint density at radius 3 is 2.27 bits per heavy atom. The number of benzene rings is 2. The zero-order valence-electron chi connectivity index (χ0n) is 30.1.